The Bertz CT molecular complexity index is 234. The summed E-state index contributed by atoms with van der Waals surface area (Å²) in [6, 6.07) is 0.391. The topological polar surface area (TPSA) is 41.6 Å². The molecule has 0 aromatic rings. The standard InChI is InChI=1S/C15H30N2O2/c1-14(2)19-12-5-3-4-9-17-10-6-7-15(8-11-17)16-13-18/h13-15H,3-12H2,1-2H3,(H,16,18). The minimum atomic E-state index is 0.354. The highest BCUT2D eigenvalue weighted by Gasteiger charge is 2.15. The van der Waals surface area contributed by atoms with Crippen molar-refractivity contribution in [2.75, 3.05) is 26.2 Å². The van der Waals surface area contributed by atoms with E-state index in [1.807, 2.05) is 0 Å². The molecule has 0 spiro atoms. The number of hydrogen-bond donors (Lipinski definition) is 1. The fourth-order valence-electron chi connectivity index (χ4n) is 2.58. The summed E-state index contributed by atoms with van der Waals surface area (Å²) in [5.41, 5.74) is 0. The molecule has 1 amide bonds. The molecule has 19 heavy (non-hydrogen) atoms. The molecule has 1 heterocycles. The van der Waals surface area contributed by atoms with Gasteiger partial charge in [-0.3, -0.25) is 4.79 Å². The molecule has 0 bridgehead atoms. The largest absolute Gasteiger partial charge is 0.379 e. The summed E-state index contributed by atoms with van der Waals surface area (Å²) in [5.74, 6) is 0. The van der Waals surface area contributed by atoms with E-state index in [-0.39, 0.29) is 0 Å². The molecule has 4 nitrogen and oxygen atoms in total. The van der Waals surface area contributed by atoms with E-state index in [2.05, 4.69) is 24.1 Å². The number of amides is 1. The van der Waals surface area contributed by atoms with Gasteiger partial charge in [0.05, 0.1) is 6.10 Å². The Balaban J connectivity index is 2.02. The molecule has 1 saturated heterocycles. The number of likely N-dealkylation sites (tertiary alicyclic amines) is 1. The third-order valence-corrected chi connectivity index (χ3v) is 3.69. The zero-order valence-corrected chi connectivity index (χ0v) is 12.6. The Morgan fingerprint density at radius 2 is 2.11 bits per heavy atom. The van der Waals surface area contributed by atoms with Crippen molar-refractivity contribution in [3.8, 4) is 0 Å². The van der Waals surface area contributed by atoms with Gasteiger partial charge in [0.15, 0.2) is 0 Å². The number of carbonyl (C=O) groups is 1. The maximum atomic E-state index is 10.5. The summed E-state index contributed by atoms with van der Waals surface area (Å²) in [7, 11) is 0. The Hall–Kier alpha value is -0.610. The maximum Gasteiger partial charge on any atom is 0.207 e. The van der Waals surface area contributed by atoms with Crippen LogP contribution in [0.3, 0.4) is 0 Å². The van der Waals surface area contributed by atoms with Crippen molar-refractivity contribution in [3.05, 3.63) is 0 Å². The summed E-state index contributed by atoms with van der Waals surface area (Å²) < 4.78 is 5.54. The molecule has 1 unspecified atom stereocenters. The summed E-state index contributed by atoms with van der Waals surface area (Å²) in [6.45, 7) is 8.55. The number of nitrogens with zero attached hydrogens (tertiary/aromatic N) is 1. The zero-order valence-electron chi connectivity index (χ0n) is 12.6. The fourth-order valence-corrected chi connectivity index (χ4v) is 2.58. The van der Waals surface area contributed by atoms with Crippen molar-refractivity contribution in [1.29, 1.82) is 0 Å². The van der Waals surface area contributed by atoms with E-state index in [9.17, 15) is 4.79 Å². The van der Waals surface area contributed by atoms with E-state index in [4.69, 9.17) is 4.74 Å². The number of hydrogen-bond acceptors (Lipinski definition) is 3. The van der Waals surface area contributed by atoms with E-state index in [0.29, 0.717) is 12.1 Å². The quantitative estimate of drug-likeness (QED) is 0.516. The lowest BCUT2D eigenvalue weighted by Crippen LogP contribution is -2.30. The second-order valence-electron chi connectivity index (χ2n) is 5.73. The molecule has 0 aromatic heterocycles. The Morgan fingerprint density at radius 3 is 2.84 bits per heavy atom. The molecule has 1 aliphatic heterocycles. The lowest BCUT2D eigenvalue weighted by atomic mass is 10.1. The van der Waals surface area contributed by atoms with Crippen LogP contribution in [-0.2, 0) is 9.53 Å². The van der Waals surface area contributed by atoms with E-state index < -0.39 is 0 Å². The van der Waals surface area contributed by atoms with Crippen LogP contribution in [0, 0.1) is 0 Å². The van der Waals surface area contributed by atoms with E-state index in [1.165, 1.54) is 38.8 Å². The summed E-state index contributed by atoms with van der Waals surface area (Å²) in [6.07, 6.45) is 8.28. The van der Waals surface area contributed by atoms with Gasteiger partial charge in [0.1, 0.15) is 0 Å². The third kappa shape index (κ3) is 8.22. The van der Waals surface area contributed by atoms with Crippen LogP contribution in [0.15, 0.2) is 0 Å². The van der Waals surface area contributed by atoms with Crippen molar-refractivity contribution in [2.45, 2.75) is 64.5 Å². The van der Waals surface area contributed by atoms with E-state index in [0.717, 1.165) is 32.4 Å². The van der Waals surface area contributed by atoms with Gasteiger partial charge in [0, 0.05) is 19.2 Å². The Labute approximate surface area is 117 Å². The van der Waals surface area contributed by atoms with Crippen LogP contribution in [0.1, 0.15) is 52.4 Å². The first-order chi connectivity index (χ1) is 9.22. The first kappa shape index (κ1) is 16.4. The van der Waals surface area contributed by atoms with Crippen molar-refractivity contribution in [2.24, 2.45) is 0 Å². The van der Waals surface area contributed by atoms with Gasteiger partial charge >= 0.3 is 0 Å². The van der Waals surface area contributed by atoms with Gasteiger partial charge in [0.2, 0.25) is 6.41 Å². The molecule has 0 saturated carbocycles. The minimum absolute atomic E-state index is 0.354. The van der Waals surface area contributed by atoms with Crippen molar-refractivity contribution < 1.29 is 9.53 Å². The molecular weight excluding hydrogens is 240 g/mol. The van der Waals surface area contributed by atoms with Crippen LogP contribution in [0.2, 0.25) is 0 Å². The number of ether oxygens (including phenoxy) is 1. The molecule has 1 N–H and O–H groups in total. The maximum absolute atomic E-state index is 10.5. The molecule has 0 aliphatic carbocycles. The SMILES string of the molecule is CC(C)OCCCCCN1CCCC(NC=O)CC1. The normalized spacial score (nSPS) is 21.3. The Kier molecular flexibility index (Phi) is 8.84. The second kappa shape index (κ2) is 10.2. The molecule has 1 atom stereocenters. The predicted molar refractivity (Wildman–Crippen MR) is 78.2 cm³/mol. The number of rotatable bonds is 9. The monoisotopic (exact) mass is 270 g/mol. The number of unbranched alkanes of at least 4 members (excludes halogenated alkanes) is 2. The molecule has 1 rings (SSSR count). The van der Waals surface area contributed by atoms with Crippen molar-refractivity contribution >= 4 is 6.41 Å². The van der Waals surface area contributed by atoms with Crippen molar-refractivity contribution in [3.63, 3.8) is 0 Å². The molecule has 1 fully saturated rings. The Morgan fingerprint density at radius 1 is 1.26 bits per heavy atom. The average molecular weight is 270 g/mol. The number of nitrogens with one attached hydrogen (secondary N) is 1. The van der Waals surface area contributed by atoms with Crippen LogP contribution >= 0.6 is 0 Å². The van der Waals surface area contributed by atoms with Gasteiger partial charge in [-0.15, -0.1) is 0 Å². The van der Waals surface area contributed by atoms with Crippen molar-refractivity contribution in [1.82, 2.24) is 10.2 Å². The van der Waals surface area contributed by atoms with Crippen LogP contribution in [0.4, 0.5) is 0 Å². The van der Waals surface area contributed by atoms with Gasteiger partial charge in [-0.05, 0) is 65.5 Å². The summed E-state index contributed by atoms with van der Waals surface area (Å²) >= 11 is 0. The van der Waals surface area contributed by atoms with Crippen LogP contribution in [0.25, 0.3) is 0 Å². The summed E-state index contributed by atoms with van der Waals surface area (Å²) in [4.78, 5) is 13.0. The molecule has 1 aliphatic rings. The average Bonchev–Trinajstić information content (AvgIpc) is 2.59. The summed E-state index contributed by atoms with van der Waals surface area (Å²) in [5, 5.41) is 2.92. The highest BCUT2D eigenvalue weighted by molar-refractivity contribution is 5.46. The first-order valence-corrected chi connectivity index (χ1v) is 7.76. The van der Waals surface area contributed by atoms with Crippen LogP contribution in [-0.4, -0.2) is 49.7 Å². The molecule has 4 heteroatoms. The molecular formula is C15H30N2O2. The lowest BCUT2D eigenvalue weighted by Gasteiger charge is -2.20. The zero-order chi connectivity index (χ0) is 13.9. The third-order valence-electron chi connectivity index (χ3n) is 3.69. The highest BCUT2D eigenvalue weighted by Crippen LogP contribution is 2.11. The minimum Gasteiger partial charge on any atom is -0.379 e. The predicted octanol–water partition coefficient (Wildman–Crippen LogP) is 2.18. The lowest BCUT2D eigenvalue weighted by molar-refractivity contribution is -0.110. The van der Waals surface area contributed by atoms with E-state index in [1.54, 1.807) is 0 Å². The van der Waals surface area contributed by atoms with Gasteiger partial charge in [-0.2, -0.15) is 0 Å². The van der Waals surface area contributed by atoms with Gasteiger partial charge in [-0.25, -0.2) is 0 Å². The van der Waals surface area contributed by atoms with E-state index >= 15 is 0 Å². The fraction of sp³-hybridized carbons (Fsp3) is 0.933. The molecule has 0 aromatic carbocycles. The van der Waals surface area contributed by atoms with Crippen LogP contribution < -0.4 is 5.32 Å². The second-order valence-corrected chi connectivity index (χ2v) is 5.73. The molecule has 112 valence electrons. The van der Waals surface area contributed by atoms with Gasteiger partial charge in [0.25, 0.3) is 0 Å². The van der Waals surface area contributed by atoms with Gasteiger partial charge < -0.3 is 15.0 Å². The first-order valence-electron chi connectivity index (χ1n) is 7.76. The smallest absolute Gasteiger partial charge is 0.207 e. The molecule has 0 radical (unpaired) electrons. The highest BCUT2D eigenvalue weighted by atomic mass is 16.5. The number of carbonyl (C=O) groups excluding carboxylic acids is 1. The van der Waals surface area contributed by atoms with Gasteiger partial charge in [-0.1, -0.05) is 0 Å². The van der Waals surface area contributed by atoms with Crippen LogP contribution in [0.5, 0.6) is 0 Å².